The number of aromatic nitrogens is 2. The number of benzene rings is 2. The molecule has 0 saturated carbocycles. The van der Waals surface area contributed by atoms with E-state index in [9.17, 15) is 9.59 Å². The molecule has 1 aliphatic rings. The summed E-state index contributed by atoms with van der Waals surface area (Å²) in [5, 5.41) is 0. The summed E-state index contributed by atoms with van der Waals surface area (Å²) >= 11 is 0. The van der Waals surface area contributed by atoms with Crippen LogP contribution in [0.5, 0.6) is 0 Å². The van der Waals surface area contributed by atoms with Gasteiger partial charge in [-0.3, -0.25) is 9.59 Å². The zero-order chi connectivity index (χ0) is 16.7. The molecule has 0 aliphatic heterocycles. The summed E-state index contributed by atoms with van der Waals surface area (Å²) in [5.41, 5.74) is 2.02. The maximum atomic E-state index is 11.9. The molecule has 1 aromatic heterocycles. The summed E-state index contributed by atoms with van der Waals surface area (Å²) < 4.78 is 5.85. The Morgan fingerprint density at radius 1 is 1.08 bits per heavy atom. The third kappa shape index (κ3) is 1.91. The van der Waals surface area contributed by atoms with Crippen LogP contribution in [-0.4, -0.2) is 15.9 Å². The summed E-state index contributed by atoms with van der Waals surface area (Å²) in [6.07, 6.45) is 1.21. The van der Waals surface area contributed by atoms with Crippen molar-refractivity contribution >= 4 is 5.97 Å². The summed E-state index contributed by atoms with van der Waals surface area (Å²) in [4.78, 5) is 30.9. The fourth-order valence-electron chi connectivity index (χ4n) is 3.34. The van der Waals surface area contributed by atoms with Gasteiger partial charge in [-0.2, -0.15) is 0 Å². The highest BCUT2D eigenvalue weighted by molar-refractivity contribution is 5.80. The number of nitrogens with one attached hydrogen (secondary N) is 1. The number of ether oxygens (including phenoxy) is 1. The second-order valence-corrected chi connectivity index (χ2v) is 5.66. The number of esters is 1. The van der Waals surface area contributed by atoms with Crippen LogP contribution in [0.15, 0.2) is 65.6 Å². The highest BCUT2D eigenvalue weighted by Gasteiger charge is 2.49. The number of nitrogens with zero attached hydrogens (tertiary/aromatic N) is 1. The van der Waals surface area contributed by atoms with Crippen molar-refractivity contribution in [3.8, 4) is 11.3 Å². The lowest BCUT2D eigenvalue weighted by Gasteiger charge is -2.30. The molecule has 0 saturated heterocycles. The van der Waals surface area contributed by atoms with E-state index in [2.05, 4.69) is 9.97 Å². The van der Waals surface area contributed by atoms with Gasteiger partial charge >= 0.3 is 5.97 Å². The molecule has 5 heteroatoms. The number of carbonyl (C=O) groups excluding carboxylic acids is 1. The van der Waals surface area contributed by atoms with Crippen LogP contribution in [0.2, 0.25) is 0 Å². The SMILES string of the molecule is CC(=O)OC1(c2ccccc2)c2ccccc2-c2[nH]c(=O)cnc21. The molecule has 0 fully saturated rings. The number of rotatable bonds is 2. The Kier molecular flexibility index (Phi) is 3.09. The van der Waals surface area contributed by atoms with Crippen molar-refractivity contribution in [2.24, 2.45) is 0 Å². The van der Waals surface area contributed by atoms with Gasteiger partial charge < -0.3 is 9.72 Å². The molecule has 0 amide bonds. The standard InChI is InChI=1S/C19H14N2O3/c1-12(22)24-19(13-7-3-2-4-8-13)15-10-6-5-9-14(15)17-18(19)20-11-16(23)21-17/h2-11H,1H3,(H,21,23). The first kappa shape index (κ1) is 14.4. The average Bonchev–Trinajstić information content (AvgIpc) is 2.86. The van der Waals surface area contributed by atoms with Crippen molar-refractivity contribution < 1.29 is 9.53 Å². The van der Waals surface area contributed by atoms with Crippen LogP contribution in [0.25, 0.3) is 11.3 Å². The average molecular weight is 318 g/mol. The predicted molar refractivity (Wildman–Crippen MR) is 88.4 cm³/mol. The molecule has 118 valence electrons. The molecule has 1 heterocycles. The van der Waals surface area contributed by atoms with Crippen molar-refractivity contribution in [3.05, 3.63) is 88.0 Å². The molecule has 1 atom stereocenters. The second-order valence-electron chi connectivity index (χ2n) is 5.66. The molecule has 1 aliphatic carbocycles. The molecule has 0 spiro atoms. The summed E-state index contributed by atoms with van der Waals surface area (Å²) in [7, 11) is 0. The van der Waals surface area contributed by atoms with E-state index < -0.39 is 11.6 Å². The third-order valence-electron chi connectivity index (χ3n) is 4.18. The maximum Gasteiger partial charge on any atom is 0.304 e. The lowest BCUT2D eigenvalue weighted by Crippen LogP contribution is -2.33. The highest BCUT2D eigenvalue weighted by atomic mass is 16.6. The van der Waals surface area contributed by atoms with Crippen LogP contribution >= 0.6 is 0 Å². The van der Waals surface area contributed by atoms with Gasteiger partial charge in [-0.1, -0.05) is 54.6 Å². The van der Waals surface area contributed by atoms with Crippen molar-refractivity contribution in [3.63, 3.8) is 0 Å². The molecular weight excluding hydrogens is 304 g/mol. The topological polar surface area (TPSA) is 72.1 Å². The van der Waals surface area contributed by atoms with Gasteiger partial charge in [0.2, 0.25) is 5.60 Å². The number of aromatic amines is 1. The molecule has 0 radical (unpaired) electrons. The third-order valence-corrected chi connectivity index (χ3v) is 4.18. The van der Waals surface area contributed by atoms with Gasteiger partial charge in [0.1, 0.15) is 5.69 Å². The summed E-state index contributed by atoms with van der Waals surface area (Å²) in [5.74, 6) is -0.422. The number of H-pyrrole nitrogens is 1. The molecule has 3 aromatic rings. The van der Waals surface area contributed by atoms with E-state index in [0.29, 0.717) is 11.4 Å². The van der Waals surface area contributed by atoms with E-state index in [1.54, 1.807) is 0 Å². The maximum absolute atomic E-state index is 11.9. The van der Waals surface area contributed by atoms with Crippen LogP contribution < -0.4 is 5.56 Å². The molecular formula is C19H14N2O3. The molecule has 5 nitrogen and oxygen atoms in total. The lowest BCUT2D eigenvalue weighted by molar-refractivity contribution is -0.150. The minimum Gasteiger partial charge on any atom is -0.443 e. The number of fused-ring (bicyclic) bond motifs is 3. The smallest absolute Gasteiger partial charge is 0.304 e. The van der Waals surface area contributed by atoms with Gasteiger partial charge in [0.15, 0.2) is 0 Å². The second kappa shape index (κ2) is 5.16. The summed E-state index contributed by atoms with van der Waals surface area (Å²) in [6, 6.07) is 17.0. The van der Waals surface area contributed by atoms with Crippen molar-refractivity contribution in [1.82, 2.24) is 9.97 Å². The lowest BCUT2D eigenvalue weighted by atomic mass is 9.86. The Morgan fingerprint density at radius 2 is 1.79 bits per heavy atom. The first-order chi connectivity index (χ1) is 11.6. The van der Waals surface area contributed by atoms with Gasteiger partial charge in [-0.05, 0) is 0 Å². The monoisotopic (exact) mass is 318 g/mol. The number of hydrogen-bond donors (Lipinski definition) is 1. The fourth-order valence-corrected chi connectivity index (χ4v) is 3.34. The van der Waals surface area contributed by atoms with Gasteiger partial charge in [0, 0.05) is 23.6 Å². The minimum atomic E-state index is -1.16. The van der Waals surface area contributed by atoms with Crippen molar-refractivity contribution in [2.45, 2.75) is 12.5 Å². The molecule has 24 heavy (non-hydrogen) atoms. The summed E-state index contributed by atoms with van der Waals surface area (Å²) in [6.45, 7) is 1.37. The van der Waals surface area contributed by atoms with E-state index in [4.69, 9.17) is 4.74 Å². The van der Waals surface area contributed by atoms with Gasteiger partial charge in [0.05, 0.1) is 11.9 Å². The van der Waals surface area contributed by atoms with Crippen LogP contribution in [0.1, 0.15) is 23.7 Å². The minimum absolute atomic E-state index is 0.296. The van der Waals surface area contributed by atoms with E-state index in [0.717, 1.165) is 16.7 Å². The van der Waals surface area contributed by atoms with Gasteiger partial charge in [-0.15, -0.1) is 0 Å². The Morgan fingerprint density at radius 3 is 2.54 bits per heavy atom. The zero-order valence-electron chi connectivity index (χ0n) is 12.9. The quantitative estimate of drug-likeness (QED) is 0.737. The largest absolute Gasteiger partial charge is 0.443 e. The molecule has 1 N–H and O–H groups in total. The number of carbonyl (C=O) groups is 1. The molecule has 4 rings (SSSR count). The normalized spacial score (nSPS) is 17.9. The zero-order valence-corrected chi connectivity index (χ0v) is 12.9. The van der Waals surface area contributed by atoms with Crippen LogP contribution in [0, 0.1) is 0 Å². The van der Waals surface area contributed by atoms with E-state index >= 15 is 0 Å². The Hall–Kier alpha value is -3.21. The number of hydrogen-bond acceptors (Lipinski definition) is 4. The predicted octanol–water partition coefficient (Wildman–Crippen LogP) is 2.61. The first-order valence-electron chi connectivity index (χ1n) is 7.58. The van der Waals surface area contributed by atoms with Crippen molar-refractivity contribution in [1.29, 1.82) is 0 Å². The molecule has 2 aromatic carbocycles. The molecule has 1 unspecified atom stereocenters. The Balaban J connectivity index is 2.14. The Labute approximate surface area is 138 Å². The first-order valence-corrected chi connectivity index (χ1v) is 7.58. The van der Waals surface area contributed by atoms with E-state index in [1.165, 1.54) is 13.1 Å². The van der Waals surface area contributed by atoms with Crippen LogP contribution in [0.4, 0.5) is 0 Å². The van der Waals surface area contributed by atoms with Gasteiger partial charge in [-0.25, -0.2) is 4.98 Å². The molecule has 0 bridgehead atoms. The van der Waals surface area contributed by atoms with Gasteiger partial charge in [0.25, 0.3) is 5.56 Å². The Bertz CT molecular complexity index is 995. The van der Waals surface area contributed by atoms with Crippen LogP contribution in [-0.2, 0) is 15.1 Å². The highest BCUT2D eigenvalue weighted by Crippen LogP contribution is 2.51. The van der Waals surface area contributed by atoms with E-state index in [-0.39, 0.29) is 5.56 Å². The van der Waals surface area contributed by atoms with Crippen LogP contribution in [0.3, 0.4) is 0 Å². The fraction of sp³-hybridized carbons (Fsp3) is 0.105. The van der Waals surface area contributed by atoms with Crippen molar-refractivity contribution in [2.75, 3.05) is 0 Å². The van der Waals surface area contributed by atoms with E-state index in [1.807, 2.05) is 54.6 Å².